The quantitative estimate of drug-likeness (QED) is 0.674. The van der Waals surface area contributed by atoms with Crippen molar-refractivity contribution in [1.29, 1.82) is 5.26 Å². The number of nitriles is 1. The van der Waals surface area contributed by atoms with E-state index in [4.69, 9.17) is 9.68 Å². The number of rotatable bonds is 4. The third-order valence-electron chi connectivity index (χ3n) is 5.38. The summed E-state index contributed by atoms with van der Waals surface area (Å²) in [5.74, 6) is -0.226. The van der Waals surface area contributed by atoms with E-state index in [9.17, 15) is 9.59 Å². The molecule has 6 nitrogen and oxygen atoms in total. The zero-order valence-corrected chi connectivity index (χ0v) is 16.6. The highest BCUT2D eigenvalue weighted by Crippen LogP contribution is 2.26. The normalized spacial score (nSPS) is 15.2. The number of carbonyl (C=O) groups excluding carboxylic acids is 2. The van der Waals surface area contributed by atoms with Crippen molar-refractivity contribution in [3.05, 3.63) is 94.9 Å². The maximum atomic E-state index is 13.4. The zero-order valence-electron chi connectivity index (χ0n) is 16.6. The van der Waals surface area contributed by atoms with Gasteiger partial charge in [0.2, 0.25) is 5.91 Å². The Bertz CT molecular complexity index is 1110. The van der Waals surface area contributed by atoms with Gasteiger partial charge in [-0.25, -0.2) is 0 Å². The van der Waals surface area contributed by atoms with Crippen molar-refractivity contribution >= 4 is 11.8 Å². The van der Waals surface area contributed by atoms with Crippen LogP contribution in [0.15, 0.2) is 71.3 Å². The van der Waals surface area contributed by atoms with Crippen LogP contribution in [0.5, 0.6) is 0 Å². The van der Waals surface area contributed by atoms with E-state index < -0.39 is 6.04 Å². The number of amides is 2. The fraction of sp³-hybridized carbons (Fsp3) is 0.208. The molecule has 2 heterocycles. The van der Waals surface area contributed by atoms with Crippen molar-refractivity contribution in [2.24, 2.45) is 0 Å². The van der Waals surface area contributed by atoms with Crippen LogP contribution >= 0.6 is 0 Å². The SMILES string of the molecule is CN(Cc1cccc(C#N)c1)C(=O)C1Cc2ccccc2CN1C(=O)c1ccco1. The Balaban J connectivity index is 1.60. The van der Waals surface area contributed by atoms with Gasteiger partial charge in [-0.3, -0.25) is 9.59 Å². The van der Waals surface area contributed by atoms with Crippen LogP contribution in [0.25, 0.3) is 0 Å². The van der Waals surface area contributed by atoms with Crippen LogP contribution in [-0.2, 0) is 24.3 Å². The lowest BCUT2D eigenvalue weighted by atomic mass is 9.93. The highest BCUT2D eigenvalue weighted by Gasteiger charge is 2.37. The lowest BCUT2D eigenvalue weighted by Gasteiger charge is -2.37. The lowest BCUT2D eigenvalue weighted by molar-refractivity contribution is -0.135. The predicted octanol–water partition coefficient (Wildman–Crippen LogP) is 3.38. The van der Waals surface area contributed by atoms with Crippen LogP contribution in [0.2, 0.25) is 0 Å². The number of hydrogen-bond donors (Lipinski definition) is 0. The van der Waals surface area contributed by atoms with E-state index >= 15 is 0 Å². The molecule has 3 aromatic rings. The first-order chi connectivity index (χ1) is 14.6. The number of nitrogens with zero attached hydrogens (tertiary/aromatic N) is 3. The van der Waals surface area contributed by atoms with Gasteiger partial charge in [0.15, 0.2) is 5.76 Å². The second-order valence-corrected chi connectivity index (χ2v) is 7.41. The third kappa shape index (κ3) is 3.83. The van der Waals surface area contributed by atoms with Gasteiger partial charge in [0.25, 0.3) is 5.91 Å². The maximum Gasteiger partial charge on any atom is 0.290 e. The zero-order chi connectivity index (χ0) is 21.1. The molecule has 0 spiro atoms. The van der Waals surface area contributed by atoms with E-state index in [1.54, 1.807) is 47.2 Å². The van der Waals surface area contributed by atoms with Crippen molar-refractivity contribution in [2.45, 2.75) is 25.6 Å². The van der Waals surface area contributed by atoms with E-state index in [1.807, 2.05) is 30.3 Å². The van der Waals surface area contributed by atoms with Gasteiger partial charge in [0.1, 0.15) is 6.04 Å². The largest absolute Gasteiger partial charge is 0.459 e. The van der Waals surface area contributed by atoms with Gasteiger partial charge in [-0.1, -0.05) is 36.4 Å². The Morgan fingerprint density at radius 3 is 2.67 bits per heavy atom. The Morgan fingerprint density at radius 1 is 1.13 bits per heavy atom. The summed E-state index contributed by atoms with van der Waals surface area (Å²) in [4.78, 5) is 29.7. The fourth-order valence-electron chi connectivity index (χ4n) is 3.84. The van der Waals surface area contributed by atoms with E-state index in [-0.39, 0.29) is 17.6 Å². The molecule has 30 heavy (non-hydrogen) atoms. The van der Waals surface area contributed by atoms with Crippen LogP contribution < -0.4 is 0 Å². The Hall–Kier alpha value is -3.85. The van der Waals surface area contributed by atoms with Crippen molar-refractivity contribution < 1.29 is 14.0 Å². The lowest BCUT2D eigenvalue weighted by Crippen LogP contribution is -2.52. The molecule has 1 atom stereocenters. The Morgan fingerprint density at radius 2 is 1.93 bits per heavy atom. The number of fused-ring (bicyclic) bond motifs is 1. The second kappa shape index (κ2) is 8.26. The average molecular weight is 399 g/mol. The molecule has 6 heteroatoms. The predicted molar refractivity (Wildman–Crippen MR) is 110 cm³/mol. The minimum Gasteiger partial charge on any atom is -0.459 e. The van der Waals surface area contributed by atoms with Crippen molar-refractivity contribution in [3.8, 4) is 6.07 Å². The summed E-state index contributed by atoms with van der Waals surface area (Å²) >= 11 is 0. The van der Waals surface area contributed by atoms with Crippen LogP contribution in [0.1, 0.15) is 32.8 Å². The molecular formula is C24H21N3O3. The van der Waals surface area contributed by atoms with Gasteiger partial charge in [-0.2, -0.15) is 5.26 Å². The van der Waals surface area contributed by atoms with E-state index in [0.29, 0.717) is 25.1 Å². The molecule has 1 aliphatic heterocycles. The summed E-state index contributed by atoms with van der Waals surface area (Å²) in [6, 6.07) is 19.8. The van der Waals surface area contributed by atoms with Crippen molar-refractivity contribution in [2.75, 3.05) is 7.05 Å². The first-order valence-electron chi connectivity index (χ1n) is 9.72. The summed E-state index contributed by atoms with van der Waals surface area (Å²) in [6.45, 7) is 0.707. The molecule has 0 bridgehead atoms. The number of carbonyl (C=O) groups is 2. The first-order valence-corrected chi connectivity index (χ1v) is 9.72. The molecule has 150 valence electrons. The highest BCUT2D eigenvalue weighted by molar-refractivity contribution is 5.96. The molecule has 1 unspecified atom stereocenters. The van der Waals surface area contributed by atoms with Crippen molar-refractivity contribution in [3.63, 3.8) is 0 Å². The molecule has 0 saturated carbocycles. The Kier molecular flexibility index (Phi) is 5.36. The minimum absolute atomic E-state index is 0.147. The molecule has 0 N–H and O–H groups in total. The molecular weight excluding hydrogens is 378 g/mol. The van der Waals surface area contributed by atoms with Crippen LogP contribution in [0.4, 0.5) is 0 Å². The summed E-state index contributed by atoms with van der Waals surface area (Å²) in [5.41, 5.74) is 3.52. The number of furan rings is 1. The molecule has 1 aromatic heterocycles. The Labute approximate surface area is 174 Å². The maximum absolute atomic E-state index is 13.4. The standard InChI is InChI=1S/C24H21N3O3/c1-26(15-18-7-4-6-17(12-18)14-25)23(28)21-13-19-8-2-3-9-20(19)16-27(21)24(29)22-10-5-11-30-22/h2-12,21H,13,15-16H2,1H3. The summed E-state index contributed by atoms with van der Waals surface area (Å²) in [7, 11) is 1.72. The summed E-state index contributed by atoms with van der Waals surface area (Å²) in [6.07, 6.45) is 1.90. The van der Waals surface area contributed by atoms with Gasteiger partial charge in [0.05, 0.1) is 17.9 Å². The molecule has 1 aliphatic rings. The minimum atomic E-state index is -0.623. The first kappa shape index (κ1) is 19.5. The van der Waals surface area contributed by atoms with Crippen LogP contribution in [-0.4, -0.2) is 34.7 Å². The molecule has 4 rings (SSSR count). The monoisotopic (exact) mass is 399 g/mol. The van der Waals surface area contributed by atoms with Gasteiger partial charge < -0.3 is 14.2 Å². The summed E-state index contributed by atoms with van der Waals surface area (Å²) < 4.78 is 5.30. The van der Waals surface area contributed by atoms with E-state index in [0.717, 1.165) is 16.7 Å². The number of likely N-dealkylation sites (N-methyl/N-ethyl adjacent to an activating group) is 1. The highest BCUT2D eigenvalue weighted by atomic mass is 16.3. The smallest absolute Gasteiger partial charge is 0.290 e. The van der Waals surface area contributed by atoms with Gasteiger partial charge in [0, 0.05) is 26.6 Å². The van der Waals surface area contributed by atoms with Crippen LogP contribution in [0, 0.1) is 11.3 Å². The average Bonchev–Trinajstić information content (AvgIpc) is 3.32. The van der Waals surface area contributed by atoms with E-state index in [1.165, 1.54) is 6.26 Å². The number of benzene rings is 2. The molecule has 0 saturated heterocycles. The van der Waals surface area contributed by atoms with Gasteiger partial charge >= 0.3 is 0 Å². The second-order valence-electron chi connectivity index (χ2n) is 7.41. The fourth-order valence-corrected chi connectivity index (χ4v) is 3.84. The third-order valence-corrected chi connectivity index (χ3v) is 5.38. The number of hydrogen-bond acceptors (Lipinski definition) is 4. The topological polar surface area (TPSA) is 77.5 Å². The summed E-state index contributed by atoms with van der Waals surface area (Å²) in [5, 5.41) is 9.10. The molecule has 2 aromatic carbocycles. The molecule has 0 fully saturated rings. The van der Waals surface area contributed by atoms with Gasteiger partial charge in [-0.15, -0.1) is 0 Å². The molecule has 0 radical (unpaired) electrons. The van der Waals surface area contributed by atoms with Gasteiger partial charge in [-0.05, 0) is 41.0 Å². The molecule has 2 amide bonds. The van der Waals surface area contributed by atoms with E-state index in [2.05, 4.69) is 6.07 Å². The van der Waals surface area contributed by atoms with Crippen molar-refractivity contribution in [1.82, 2.24) is 9.80 Å². The van der Waals surface area contributed by atoms with Crippen LogP contribution in [0.3, 0.4) is 0 Å². The molecule has 0 aliphatic carbocycles.